The number of benzene rings is 2. The first-order valence-electron chi connectivity index (χ1n) is 8.39. The van der Waals surface area contributed by atoms with Gasteiger partial charge in [-0.15, -0.1) is 0 Å². The van der Waals surface area contributed by atoms with E-state index in [0.717, 1.165) is 43.2 Å². The monoisotopic (exact) mass is 331 g/mol. The molecule has 2 nitrogen and oxygen atoms in total. The molecule has 0 aliphatic carbocycles. The lowest BCUT2D eigenvalue weighted by Gasteiger charge is -2.21. The van der Waals surface area contributed by atoms with E-state index < -0.39 is 0 Å². The standard InChI is InChI=1S/C20H26ClNO/c1-3-22(4-2)15-8-16-23-20(17-9-6-5-7-10-17)18-11-13-19(21)14-12-18/h5-7,9-14,20H,3-4,8,15-16H2,1-2H3. The van der Waals surface area contributed by atoms with Crippen molar-refractivity contribution < 1.29 is 4.74 Å². The molecule has 0 heterocycles. The van der Waals surface area contributed by atoms with Gasteiger partial charge in [-0.05, 0) is 42.8 Å². The average molecular weight is 332 g/mol. The summed E-state index contributed by atoms with van der Waals surface area (Å²) in [5.74, 6) is 0. The van der Waals surface area contributed by atoms with Crippen LogP contribution in [0.2, 0.25) is 5.02 Å². The maximum atomic E-state index is 6.22. The van der Waals surface area contributed by atoms with Crippen molar-refractivity contribution in [2.24, 2.45) is 0 Å². The maximum absolute atomic E-state index is 6.22. The first-order chi connectivity index (χ1) is 11.2. The lowest BCUT2D eigenvalue weighted by atomic mass is 10.0. The van der Waals surface area contributed by atoms with Gasteiger partial charge in [0.05, 0.1) is 0 Å². The van der Waals surface area contributed by atoms with E-state index in [1.807, 2.05) is 30.3 Å². The van der Waals surface area contributed by atoms with Gasteiger partial charge in [0.2, 0.25) is 0 Å². The summed E-state index contributed by atoms with van der Waals surface area (Å²) in [5.41, 5.74) is 2.32. The van der Waals surface area contributed by atoms with Crippen LogP contribution < -0.4 is 0 Å². The van der Waals surface area contributed by atoms with E-state index >= 15 is 0 Å². The maximum Gasteiger partial charge on any atom is 0.108 e. The summed E-state index contributed by atoms with van der Waals surface area (Å²) in [5, 5.41) is 0.752. The summed E-state index contributed by atoms with van der Waals surface area (Å²) >= 11 is 6.01. The Morgan fingerprint density at radius 3 is 2.13 bits per heavy atom. The molecule has 0 aliphatic rings. The summed E-state index contributed by atoms with van der Waals surface area (Å²) in [6, 6.07) is 18.3. The third-order valence-corrected chi connectivity index (χ3v) is 4.32. The number of ether oxygens (including phenoxy) is 1. The van der Waals surface area contributed by atoms with Gasteiger partial charge in [0.15, 0.2) is 0 Å². The Balaban J connectivity index is 2.01. The minimum atomic E-state index is -0.0369. The normalized spacial score (nSPS) is 12.5. The van der Waals surface area contributed by atoms with E-state index in [-0.39, 0.29) is 6.10 Å². The molecule has 0 fully saturated rings. The first-order valence-corrected chi connectivity index (χ1v) is 8.76. The molecule has 124 valence electrons. The minimum absolute atomic E-state index is 0.0369. The number of hydrogen-bond donors (Lipinski definition) is 0. The quantitative estimate of drug-likeness (QED) is 0.587. The average Bonchev–Trinajstić information content (AvgIpc) is 2.60. The van der Waals surface area contributed by atoms with Gasteiger partial charge < -0.3 is 9.64 Å². The second-order valence-corrected chi connectivity index (χ2v) is 6.03. The van der Waals surface area contributed by atoms with Gasteiger partial charge in [0.25, 0.3) is 0 Å². The van der Waals surface area contributed by atoms with Crippen LogP contribution in [0.25, 0.3) is 0 Å². The van der Waals surface area contributed by atoms with E-state index in [4.69, 9.17) is 16.3 Å². The van der Waals surface area contributed by atoms with E-state index in [0.29, 0.717) is 0 Å². The van der Waals surface area contributed by atoms with E-state index in [1.165, 1.54) is 5.56 Å². The second-order valence-electron chi connectivity index (χ2n) is 5.59. The van der Waals surface area contributed by atoms with E-state index in [1.54, 1.807) is 0 Å². The smallest absolute Gasteiger partial charge is 0.108 e. The molecule has 0 aliphatic heterocycles. The Kier molecular flexibility index (Phi) is 7.60. The van der Waals surface area contributed by atoms with Gasteiger partial charge in [-0.3, -0.25) is 0 Å². The third-order valence-electron chi connectivity index (χ3n) is 4.07. The Hall–Kier alpha value is -1.35. The van der Waals surface area contributed by atoms with E-state index in [9.17, 15) is 0 Å². The van der Waals surface area contributed by atoms with Gasteiger partial charge in [-0.25, -0.2) is 0 Å². The molecule has 2 aromatic rings. The fourth-order valence-corrected chi connectivity index (χ4v) is 2.81. The summed E-state index contributed by atoms with van der Waals surface area (Å²) in [6.07, 6.45) is 1.00. The van der Waals surface area contributed by atoms with Crippen LogP contribution in [0.15, 0.2) is 54.6 Å². The van der Waals surface area contributed by atoms with Gasteiger partial charge in [0, 0.05) is 18.2 Å². The van der Waals surface area contributed by atoms with Crippen molar-refractivity contribution in [1.82, 2.24) is 4.90 Å². The molecular formula is C20H26ClNO. The molecule has 0 radical (unpaired) electrons. The number of rotatable bonds is 9. The van der Waals surface area contributed by atoms with Gasteiger partial charge in [-0.2, -0.15) is 0 Å². The summed E-state index contributed by atoms with van der Waals surface area (Å²) in [4.78, 5) is 2.42. The third kappa shape index (κ3) is 5.65. The molecule has 0 amide bonds. The first kappa shape index (κ1) is 18.0. The molecule has 2 aromatic carbocycles. The summed E-state index contributed by atoms with van der Waals surface area (Å²) in [6.45, 7) is 8.41. The predicted octanol–water partition coefficient (Wildman–Crippen LogP) is 5.18. The highest BCUT2D eigenvalue weighted by molar-refractivity contribution is 6.30. The zero-order chi connectivity index (χ0) is 16.5. The molecule has 1 atom stereocenters. The van der Waals surface area contributed by atoms with Crippen LogP contribution in [0.1, 0.15) is 37.5 Å². The highest BCUT2D eigenvalue weighted by Gasteiger charge is 2.14. The van der Waals surface area contributed by atoms with Gasteiger partial charge in [0.1, 0.15) is 6.10 Å². The van der Waals surface area contributed by atoms with E-state index in [2.05, 4.69) is 43.0 Å². The van der Waals surface area contributed by atoms with Crippen LogP contribution in [-0.4, -0.2) is 31.1 Å². The van der Waals surface area contributed by atoms with Crippen LogP contribution >= 0.6 is 11.6 Å². The molecule has 23 heavy (non-hydrogen) atoms. The molecule has 2 rings (SSSR count). The predicted molar refractivity (Wildman–Crippen MR) is 98.1 cm³/mol. The molecular weight excluding hydrogens is 306 g/mol. The van der Waals surface area contributed by atoms with Crippen molar-refractivity contribution in [1.29, 1.82) is 0 Å². The van der Waals surface area contributed by atoms with Crippen LogP contribution in [0.5, 0.6) is 0 Å². The number of hydrogen-bond acceptors (Lipinski definition) is 2. The van der Waals surface area contributed by atoms with Crippen molar-refractivity contribution in [2.45, 2.75) is 26.4 Å². The molecule has 1 unspecified atom stereocenters. The molecule has 0 spiro atoms. The van der Waals surface area contributed by atoms with Crippen molar-refractivity contribution in [3.05, 3.63) is 70.7 Å². The summed E-state index contributed by atoms with van der Waals surface area (Å²) < 4.78 is 6.22. The van der Waals surface area contributed by atoms with Crippen molar-refractivity contribution in [2.75, 3.05) is 26.2 Å². The lowest BCUT2D eigenvalue weighted by molar-refractivity contribution is 0.0722. The van der Waals surface area contributed by atoms with Crippen LogP contribution in [0.4, 0.5) is 0 Å². The Bertz CT molecular complexity index is 552. The van der Waals surface area contributed by atoms with Gasteiger partial charge >= 0.3 is 0 Å². The molecule has 0 aromatic heterocycles. The topological polar surface area (TPSA) is 12.5 Å². The lowest BCUT2D eigenvalue weighted by Crippen LogP contribution is -2.25. The zero-order valence-corrected chi connectivity index (χ0v) is 14.8. The fourth-order valence-electron chi connectivity index (χ4n) is 2.68. The molecule has 0 N–H and O–H groups in total. The number of nitrogens with zero attached hydrogens (tertiary/aromatic N) is 1. The second kappa shape index (κ2) is 9.71. The van der Waals surface area contributed by atoms with Crippen molar-refractivity contribution in [3.8, 4) is 0 Å². The fraction of sp³-hybridized carbons (Fsp3) is 0.400. The Labute approximate surface area is 145 Å². The Morgan fingerprint density at radius 2 is 1.52 bits per heavy atom. The van der Waals surface area contributed by atoms with Crippen molar-refractivity contribution >= 4 is 11.6 Å². The number of halogens is 1. The zero-order valence-electron chi connectivity index (χ0n) is 14.0. The highest BCUT2D eigenvalue weighted by atomic mass is 35.5. The molecule has 0 saturated carbocycles. The molecule has 0 saturated heterocycles. The highest BCUT2D eigenvalue weighted by Crippen LogP contribution is 2.27. The van der Waals surface area contributed by atoms with Gasteiger partial charge in [-0.1, -0.05) is 67.9 Å². The largest absolute Gasteiger partial charge is 0.369 e. The Morgan fingerprint density at radius 1 is 0.913 bits per heavy atom. The summed E-state index contributed by atoms with van der Waals surface area (Å²) in [7, 11) is 0. The SMILES string of the molecule is CCN(CC)CCCOC(c1ccccc1)c1ccc(Cl)cc1. The minimum Gasteiger partial charge on any atom is -0.369 e. The van der Waals surface area contributed by atoms with Crippen LogP contribution in [0.3, 0.4) is 0 Å². The molecule has 0 bridgehead atoms. The van der Waals surface area contributed by atoms with Crippen molar-refractivity contribution in [3.63, 3.8) is 0 Å². The van der Waals surface area contributed by atoms with Crippen LogP contribution in [-0.2, 0) is 4.74 Å². The molecule has 3 heteroatoms. The van der Waals surface area contributed by atoms with Crippen LogP contribution in [0, 0.1) is 0 Å².